The van der Waals surface area contributed by atoms with Crippen LogP contribution in [0.2, 0.25) is 5.02 Å². The van der Waals surface area contributed by atoms with E-state index in [9.17, 15) is 5.11 Å². The minimum Gasteiger partial charge on any atom is -0.488 e. The SMILES string of the molecule is OCCC1CCN([C@H]2CCC[C@@H](Oc3cccc(Cl)c3)[C@@H]2O)CC1. The fraction of sp³-hybridized carbons (Fsp3) is 0.684. The summed E-state index contributed by atoms with van der Waals surface area (Å²) < 4.78 is 6.03. The van der Waals surface area contributed by atoms with Gasteiger partial charge in [-0.25, -0.2) is 0 Å². The molecule has 5 heteroatoms. The van der Waals surface area contributed by atoms with Gasteiger partial charge in [0.1, 0.15) is 18.0 Å². The highest BCUT2D eigenvalue weighted by Crippen LogP contribution is 2.31. The molecular formula is C19H28ClNO3. The van der Waals surface area contributed by atoms with Crippen LogP contribution in [0.3, 0.4) is 0 Å². The van der Waals surface area contributed by atoms with Gasteiger partial charge in [-0.2, -0.15) is 0 Å². The molecule has 1 aromatic rings. The Hall–Kier alpha value is -0.810. The van der Waals surface area contributed by atoms with Gasteiger partial charge in [-0.3, -0.25) is 4.90 Å². The number of benzene rings is 1. The van der Waals surface area contributed by atoms with Crippen molar-refractivity contribution in [2.24, 2.45) is 5.92 Å². The Kier molecular flexibility index (Phi) is 6.39. The molecule has 2 N–H and O–H groups in total. The van der Waals surface area contributed by atoms with Crippen molar-refractivity contribution in [1.82, 2.24) is 4.90 Å². The van der Waals surface area contributed by atoms with Crippen molar-refractivity contribution < 1.29 is 14.9 Å². The van der Waals surface area contributed by atoms with E-state index in [2.05, 4.69) is 4.90 Å². The summed E-state index contributed by atoms with van der Waals surface area (Å²) >= 11 is 6.02. The van der Waals surface area contributed by atoms with Gasteiger partial charge in [-0.05, 0) is 75.7 Å². The van der Waals surface area contributed by atoms with Gasteiger partial charge in [0.05, 0.1) is 0 Å². The number of nitrogens with zero attached hydrogens (tertiary/aromatic N) is 1. The average Bonchev–Trinajstić information content (AvgIpc) is 2.58. The molecule has 1 aromatic carbocycles. The molecule has 1 heterocycles. The van der Waals surface area contributed by atoms with E-state index in [1.54, 1.807) is 6.07 Å². The fourth-order valence-electron chi connectivity index (χ4n) is 4.12. The molecule has 0 bridgehead atoms. The van der Waals surface area contributed by atoms with Crippen LogP contribution in [0, 0.1) is 5.92 Å². The molecule has 0 unspecified atom stereocenters. The summed E-state index contributed by atoms with van der Waals surface area (Å²) in [6.07, 6.45) is 5.48. The second-order valence-corrected chi connectivity index (χ2v) is 7.53. The Morgan fingerprint density at radius 2 is 1.96 bits per heavy atom. The van der Waals surface area contributed by atoms with Gasteiger partial charge in [0.15, 0.2) is 0 Å². The molecule has 1 saturated carbocycles. The maximum absolute atomic E-state index is 10.8. The first-order chi connectivity index (χ1) is 11.7. The van der Waals surface area contributed by atoms with E-state index < -0.39 is 6.10 Å². The van der Waals surface area contributed by atoms with E-state index >= 15 is 0 Å². The third-order valence-electron chi connectivity index (χ3n) is 5.50. The Balaban J connectivity index is 1.58. The number of halogens is 1. The third-order valence-corrected chi connectivity index (χ3v) is 5.74. The van der Waals surface area contributed by atoms with Gasteiger partial charge >= 0.3 is 0 Å². The van der Waals surface area contributed by atoms with Crippen molar-refractivity contribution >= 4 is 11.6 Å². The molecule has 0 aromatic heterocycles. The summed E-state index contributed by atoms with van der Waals surface area (Å²) in [5, 5.41) is 20.6. The lowest BCUT2D eigenvalue weighted by Crippen LogP contribution is -2.54. The fourth-order valence-corrected chi connectivity index (χ4v) is 4.30. The van der Waals surface area contributed by atoms with Crippen molar-refractivity contribution in [1.29, 1.82) is 0 Å². The Labute approximate surface area is 149 Å². The summed E-state index contributed by atoms with van der Waals surface area (Å²) in [5.74, 6) is 1.36. The van der Waals surface area contributed by atoms with Gasteiger partial charge in [-0.1, -0.05) is 17.7 Å². The van der Waals surface area contributed by atoms with E-state index in [1.807, 2.05) is 18.2 Å². The van der Waals surface area contributed by atoms with Crippen LogP contribution in [-0.2, 0) is 0 Å². The lowest BCUT2D eigenvalue weighted by molar-refractivity contribution is -0.0611. The van der Waals surface area contributed by atoms with Crippen LogP contribution in [0.5, 0.6) is 5.75 Å². The molecule has 2 fully saturated rings. The van der Waals surface area contributed by atoms with E-state index in [4.69, 9.17) is 21.4 Å². The van der Waals surface area contributed by atoms with Gasteiger partial charge in [0.2, 0.25) is 0 Å². The molecule has 134 valence electrons. The highest BCUT2D eigenvalue weighted by molar-refractivity contribution is 6.30. The summed E-state index contributed by atoms with van der Waals surface area (Å²) in [5.41, 5.74) is 0. The molecule has 1 aliphatic carbocycles. The largest absolute Gasteiger partial charge is 0.488 e. The normalized spacial score (nSPS) is 29.5. The first-order valence-corrected chi connectivity index (χ1v) is 9.50. The number of likely N-dealkylation sites (tertiary alicyclic amines) is 1. The maximum Gasteiger partial charge on any atom is 0.126 e. The van der Waals surface area contributed by atoms with Crippen molar-refractivity contribution in [3.8, 4) is 5.75 Å². The zero-order chi connectivity index (χ0) is 16.9. The standard InChI is InChI=1S/C19H28ClNO3/c20-15-3-1-4-16(13-15)24-18-6-2-5-17(19(18)23)21-10-7-14(8-11-21)9-12-22/h1,3-4,13-14,17-19,22-23H,2,5-12H2/t17-,18+,19+/m0/s1. The van der Waals surface area contributed by atoms with Crippen LogP contribution in [0.4, 0.5) is 0 Å². The van der Waals surface area contributed by atoms with E-state index in [0.717, 1.165) is 57.4 Å². The number of aliphatic hydroxyl groups excluding tert-OH is 2. The second kappa shape index (κ2) is 8.52. The number of hydrogen-bond donors (Lipinski definition) is 2. The molecular weight excluding hydrogens is 326 g/mol. The monoisotopic (exact) mass is 353 g/mol. The highest BCUT2D eigenvalue weighted by Gasteiger charge is 2.37. The number of aliphatic hydroxyl groups is 2. The predicted octanol–water partition coefficient (Wildman–Crippen LogP) is 3.10. The topological polar surface area (TPSA) is 52.9 Å². The smallest absolute Gasteiger partial charge is 0.126 e. The molecule has 2 aliphatic rings. The molecule has 0 spiro atoms. The molecule has 0 radical (unpaired) electrons. The number of ether oxygens (including phenoxy) is 1. The minimum atomic E-state index is -0.466. The second-order valence-electron chi connectivity index (χ2n) is 7.09. The number of piperidine rings is 1. The average molecular weight is 354 g/mol. The quantitative estimate of drug-likeness (QED) is 0.854. The van der Waals surface area contributed by atoms with Gasteiger partial charge in [0, 0.05) is 17.7 Å². The van der Waals surface area contributed by atoms with Crippen LogP contribution in [0.1, 0.15) is 38.5 Å². The molecule has 3 atom stereocenters. The molecule has 1 saturated heterocycles. The summed E-state index contributed by atoms with van der Waals surface area (Å²) in [7, 11) is 0. The van der Waals surface area contributed by atoms with Gasteiger partial charge in [-0.15, -0.1) is 0 Å². The Bertz CT molecular complexity index is 519. The molecule has 24 heavy (non-hydrogen) atoms. The van der Waals surface area contributed by atoms with E-state index in [0.29, 0.717) is 10.9 Å². The molecule has 1 aliphatic heterocycles. The number of rotatable bonds is 5. The van der Waals surface area contributed by atoms with Gasteiger partial charge in [0.25, 0.3) is 0 Å². The third kappa shape index (κ3) is 4.42. The van der Waals surface area contributed by atoms with Crippen molar-refractivity contribution in [2.45, 2.75) is 56.8 Å². The summed E-state index contributed by atoms with van der Waals surface area (Å²) in [6.45, 7) is 2.30. The van der Waals surface area contributed by atoms with Crippen LogP contribution in [-0.4, -0.2) is 53.1 Å². The number of hydrogen-bond acceptors (Lipinski definition) is 4. The summed E-state index contributed by atoms with van der Waals surface area (Å²) in [6, 6.07) is 7.57. The zero-order valence-corrected chi connectivity index (χ0v) is 14.9. The Morgan fingerprint density at radius 3 is 2.67 bits per heavy atom. The predicted molar refractivity (Wildman–Crippen MR) is 95.5 cm³/mol. The molecule has 4 nitrogen and oxygen atoms in total. The van der Waals surface area contributed by atoms with Crippen LogP contribution in [0.15, 0.2) is 24.3 Å². The first-order valence-electron chi connectivity index (χ1n) is 9.12. The van der Waals surface area contributed by atoms with Crippen molar-refractivity contribution in [3.05, 3.63) is 29.3 Å². The molecule has 0 amide bonds. The van der Waals surface area contributed by atoms with Crippen LogP contribution >= 0.6 is 11.6 Å². The van der Waals surface area contributed by atoms with E-state index in [1.165, 1.54) is 0 Å². The van der Waals surface area contributed by atoms with Crippen molar-refractivity contribution in [3.63, 3.8) is 0 Å². The zero-order valence-electron chi connectivity index (χ0n) is 14.1. The highest BCUT2D eigenvalue weighted by atomic mass is 35.5. The van der Waals surface area contributed by atoms with Crippen LogP contribution in [0.25, 0.3) is 0 Å². The van der Waals surface area contributed by atoms with Crippen LogP contribution < -0.4 is 4.74 Å². The van der Waals surface area contributed by atoms with Crippen molar-refractivity contribution in [2.75, 3.05) is 19.7 Å². The Morgan fingerprint density at radius 1 is 1.17 bits per heavy atom. The lowest BCUT2D eigenvalue weighted by Gasteiger charge is -2.44. The summed E-state index contributed by atoms with van der Waals surface area (Å²) in [4.78, 5) is 2.42. The van der Waals surface area contributed by atoms with E-state index in [-0.39, 0.29) is 18.8 Å². The first kappa shape index (κ1) is 18.0. The molecule has 3 rings (SSSR count). The maximum atomic E-state index is 10.8. The lowest BCUT2D eigenvalue weighted by atomic mass is 9.86. The van der Waals surface area contributed by atoms with Gasteiger partial charge < -0.3 is 14.9 Å². The minimum absolute atomic E-state index is 0.169.